The van der Waals surface area contributed by atoms with E-state index in [-0.39, 0.29) is 11.3 Å². The fourth-order valence-electron chi connectivity index (χ4n) is 3.19. The van der Waals surface area contributed by atoms with Crippen LogP contribution in [0.3, 0.4) is 0 Å². The fourth-order valence-corrected chi connectivity index (χ4v) is 3.88. The molecule has 1 aliphatic heterocycles. The van der Waals surface area contributed by atoms with Gasteiger partial charge in [0.2, 0.25) is 0 Å². The Hall–Kier alpha value is -2.08. The zero-order valence-electron chi connectivity index (χ0n) is 13.4. The summed E-state index contributed by atoms with van der Waals surface area (Å²) in [6.45, 7) is 5.22. The maximum Gasteiger partial charge on any atom is 0.165 e. The first-order valence-electron chi connectivity index (χ1n) is 7.50. The van der Waals surface area contributed by atoms with Crippen LogP contribution in [-0.4, -0.2) is 5.78 Å². The Labute approximate surface area is 142 Å². The molecule has 0 bridgehead atoms. The van der Waals surface area contributed by atoms with Gasteiger partial charge < -0.3 is 4.90 Å². The molecule has 2 atom stereocenters. The van der Waals surface area contributed by atoms with E-state index in [1.54, 1.807) is 24.9 Å². The quantitative estimate of drug-likeness (QED) is 0.746. The predicted molar refractivity (Wildman–Crippen MR) is 88.5 cm³/mol. The van der Waals surface area contributed by atoms with Crippen molar-refractivity contribution in [2.75, 3.05) is 4.90 Å². The van der Waals surface area contributed by atoms with Crippen LogP contribution in [0.1, 0.15) is 30.3 Å². The average Bonchev–Trinajstić information content (AvgIpc) is 2.92. The van der Waals surface area contributed by atoms with Gasteiger partial charge in [0.05, 0.1) is 11.7 Å². The van der Waals surface area contributed by atoms with Gasteiger partial charge in [0.15, 0.2) is 5.78 Å². The summed E-state index contributed by atoms with van der Waals surface area (Å²) in [7, 11) is 0. The highest BCUT2D eigenvalue weighted by Gasteiger charge is 2.39. The van der Waals surface area contributed by atoms with E-state index in [1.165, 1.54) is 11.3 Å². The molecule has 0 fully saturated rings. The lowest BCUT2D eigenvalue weighted by molar-refractivity contribution is -0.119. The number of hydrogen-bond acceptors (Lipinski definition) is 3. The molecule has 0 radical (unpaired) electrons. The lowest BCUT2D eigenvalue weighted by Crippen LogP contribution is -2.38. The molecule has 2 heterocycles. The number of Topliss-reactive ketones (excluding diaryl/α,β-unsaturated/α-hetero) is 1. The number of carbonyl (C=O) groups excluding carboxylic acids is 1. The van der Waals surface area contributed by atoms with Crippen molar-refractivity contribution >= 4 is 22.8 Å². The summed E-state index contributed by atoms with van der Waals surface area (Å²) in [5, 5.41) is 1.88. The summed E-state index contributed by atoms with van der Waals surface area (Å²) < 4.78 is 42.0. The lowest BCUT2D eigenvalue weighted by Gasteiger charge is -2.39. The first-order valence-corrected chi connectivity index (χ1v) is 8.38. The van der Waals surface area contributed by atoms with Crippen molar-refractivity contribution < 1.29 is 18.0 Å². The van der Waals surface area contributed by atoms with Crippen LogP contribution >= 0.6 is 11.3 Å². The van der Waals surface area contributed by atoms with Crippen molar-refractivity contribution in [3.63, 3.8) is 0 Å². The topological polar surface area (TPSA) is 20.3 Å². The molecule has 0 saturated heterocycles. The van der Waals surface area contributed by atoms with E-state index in [0.29, 0.717) is 17.7 Å². The van der Waals surface area contributed by atoms with Gasteiger partial charge in [0.25, 0.3) is 0 Å². The van der Waals surface area contributed by atoms with Crippen molar-refractivity contribution in [3.8, 4) is 0 Å². The van der Waals surface area contributed by atoms with Crippen molar-refractivity contribution in [3.05, 3.63) is 63.2 Å². The van der Waals surface area contributed by atoms with Gasteiger partial charge in [-0.15, -0.1) is 11.3 Å². The second kappa shape index (κ2) is 6.09. The van der Waals surface area contributed by atoms with E-state index in [9.17, 15) is 18.0 Å². The maximum absolute atomic E-state index is 14.4. The number of ketones is 1. The molecule has 1 aromatic heterocycles. The maximum atomic E-state index is 14.4. The number of allylic oxidation sites excluding steroid dienone is 1. The van der Waals surface area contributed by atoms with Gasteiger partial charge in [0.1, 0.15) is 17.5 Å². The van der Waals surface area contributed by atoms with Gasteiger partial charge in [-0.3, -0.25) is 4.79 Å². The largest absolute Gasteiger partial charge is 0.338 e. The molecule has 126 valence electrons. The third kappa shape index (κ3) is 2.65. The monoisotopic (exact) mass is 351 g/mol. The van der Waals surface area contributed by atoms with Gasteiger partial charge in [-0.1, -0.05) is 6.92 Å². The normalized spacial score (nSPS) is 21.2. The molecule has 0 amide bonds. The summed E-state index contributed by atoms with van der Waals surface area (Å²) in [6, 6.07) is 2.28. The SMILES string of the molecule is CC1=CN(c2ccsc2C)C(c2c(F)cc(F)cc2F)C(C)C1=O. The summed E-state index contributed by atoms with van der Waals surface area (Å²) in [4.78, 5) is 15.1. The molecule has 0 aliphatic carbocycles. The fraction of sp³-hybridized carbons (Fsp3) is 0.278. The highest BCUT2D eigenvalue weighted by atomic mass is 32.1. The first-order chi connectivity index (χ1) is 11.3. The molecule has 24 heavy (non-hydrogen) atoms. The van der Waals surface area contributed by atoms with Crippen LogP contribution in [0.15, 0.2) is 35.4 Å². The number of hydrogen-bond donors (Lipinski definition) is 0. The van der Waals surface area contributed by atoms with Crippen LogP contribution < -0.4 is 4.90 Å². The summed E-state index contributed by atoms with van der Waals surface area (Å²) in [6.07, 6.45) is 1.62. The molecular weight excluding hydrogens is 335 g/mol. The Morgan fingerprint density at radius 1 is 1.12 bits per heavy atom. The van der Waals surface area contributed by atoms with Gasteiger partial charge in [0, 0.05) is 40.3 Å². The molecule has 1 aromatic carbocycles. The molecule has 2 nitrogen and oxygen atoms in total. The predicted octanol–water partition coefficient (Wildman–Crippen LogP) is 5.14. The standard InChI is InChI=1S/C18H16F3NOS/c1-9-8-22(15-4-5-24-11(15)3)17(10(2)18(9)23)16-13(20)6-12(19)7-14(16)21/h4-8,10,17H,1-3H3. The highest BCUT2D eigenvalue weighted by molar-refractivity contribution is 7.10. The Balaban J connectivity index is 2.23. The molecule has 2 aromatic rings. The highest BCUT2D eigenvalue weighted by Crippen LogP contribution is 2.42. The zero-order chi connectivity index (χ0) is 17.6. The van der Waals surface area contributed by atoms with Crippen LogP contribution in [0.2, 0.25) is 0 Å². The minimum Gasteiger partial charge on any atom is -0.338 e. The Morgan fingerprint density at radius 2 is 1.75 bits per heavy atom. The van der Waals surface area contributed by atoms with Gasteiger partial charge in [-0.25, -0.2) is 13.2 Å². The number of benzene rings is 1. The van der Waals surface area contributed by atoms with E-state index in [4.69, 9.17) is 0 Å². The van der Waals surface area contributed by atoms with Gasteiger partial charge in [-0.2, -0.15) is 0 Å². The number of aryl methyl sites for hydroxylation is 1. The molecule has 6 heteroatoms. The molecule has 0 spiro atoms. The van der Waals surface area contributed by atoms with Gasteiger partial charge in [-0.05, 0) is 25.3 Å². The second-order valence-corrected chi connectivity index (χ2v) is 7.08. The smallest absolute Gasteiger partial charge is 0.165 e. The number of carbonyl (C=O) groups is 1. The molecule has 1 aliphatic rings. The number of thiophene rings is 1. The minimum absolute atomic E-state index is 0.174. The number of anilines is 1. The molecular formula is C18H16F3NOS. The van der Waals surface area contributed by atoms with Crippen molar-refractivity contribution in [2.24, 2.45) is 5.92 Å². The lowest BCUT2D eigenvalue weighted by atomic mass is 9.84. The van der Waals surface area contributed by atoms with Gasteiger partial charge >= 0.3 is 0 Å². The van der Waals surface area contributed by atoms with Crippen LogP contribution in [0.25, 0.3) is 0 Å². The third-order valence-electron chi connectivity index (χ3n) is 4.36. The van der Waals surface area contributed by atoms with Crippen molar-refractivity contribution in [1.29, 1.82) is 0 Å². The third-order valence-corrected chi connectivity index (χ3v) is 5.19. The van der Waals surface area contributed by atoms with Crippen LogP contribution in [0, 0.1) is 30.3 Å². The summed E-state index contributed by atoms with van der Waals surface area (Å²) in [5.41, 5.74) is 1.02. The molecule has 3 rings (SSSR count). The number of rotatable bonds is 2. The Morgan fingerprint density at radius 3 is 2.29 bits per heavy atom. The second-order valence-electron chi connectivity index (χ2n) is 5.96. The van der Waals surface area contributed by atoms with Crippen LogP contribution in [0.4, 0.5) is 18.9 Å². The van der Waals surface area contributed by atoms with E-state index >= 15 is 0 Å². The number of halogens is 3. The van der Waals surface area contributed by atoms with Crippen molar-refractivity contribution in [2.45, 2.75) is 26.8 Å². The molecule has 0 saturated carbocycles. The van der Waals surface area contributed by atoms with Crippen LogP contribution in [-0.2, 0) is 4.79 Å². The first kappa shape index (κ1) is 16.8. The Kier molecular flexibility index (Phi) is 4.25. The van der Waals surface area contributed by atoms with E-state index in [0.717, 1.165) is 10.6 Å². The Bertz CT molecular complexity index is 820. The average molecular weight is 351 g/mol. The van der Waals surface area contributed by atoms with Crippen LogP contribution in [0.5, 0.6) is 0 Å². The van der Waals surface area contributed by atoms with E-state index in [2.05, 4.69) is 0 Å². The zero-order valence-corrected chi connectivity index (χ0v) is 14.3. The molecule has 2 unspecified atom stereocenters. The minimum atomic E-state index is -0.983. The van der Waals surface area contributed by atoms with Crippen molar-refractivity contribution in [1.82, 2.24) is 0 Å². The summed E-state index contributed by atoms with van der Waals surface area (Å²) in [5.74, 6) is -3.78. The summed E-state index contributed by atoms with van der Waals surface area (Å²) >= 11 is 1.51. The molecule has 0 N–H and O–H groups in total. The number of nitrogens with zero attached hydrogens (tertiary/aromatic N) is 1. The van der Waals surface area contributed by atoms with E-state index in [1.807, 2.05) is 18.4 Å². The van der Waals surface area contributed by atoms with E-state index < -0.39 is 29.4 Å².